The van der Waals surface area contributed by atoms with Crippen LogP contribution in [0.3, 0.4) is 0 Å². The first-order chi connectivity index (χ1) is 4.36. The van der Waals surface area contributed by atoms with E-state index in [2.05, 4.69) is 22.1 Å². The van der Waals surface area contributed by atoms with Gasteiger partial charge in [0.1, 0.15) is 5.84 Å². The van der Waals surface area contributed by atoms with Gasteiger partial charge in [0.05, 0.1) is 0 Å². The average molecular weight is 125 g/mol. The van der Waals surface area contributed by atoms with E-state index in [1.165, 1.54) is 0 Å². The van der Waals surface area contributed by atoms with Crippen LogP contribution in [0, 0.1) is 0 Å². The van der Waals surface area contributed by atoms with Crippen molar-refractivity contribution in [1.29, 1.82) is 0 Å². The fourth-order valence-electron chi connectivity index (χ4n) is 0.692. The van der Waals surface area contributed by atoms with Gasteiger partial charge in [-0.15, -0.1) is 5.11 Å². The van der Waals surface area contributed by atoms with Crippen molar-refractivity contribution in [2.24, 2.45) is 15.2 Å². The molecule has 0 spiro atoms. The third kappa shape index (κ3) is 1.34. The molecule has 50 valence electrons. The molecule has 0 aromatic heterocycles. The second-order valence-electron chi connectivity index (χ2n) is 2.00. The van der Waals surface area contributed by atoms with Gasteiger partial charge in [-0.25, -0.2) is 4.99 Å². The van der Waals surface area contributed by atoms with E-state index in [0.29, 0.717) is 0 Å². The van der Waals surface area contributed by atoms with Crippen LogP contribution in [0.5, 0.6) is 0 Å². The maximum Gasteiger partial charge on any atom is 0.162 e. The summed E-state index contributed by atoms with van der Waals surface area (Å²) in [6, 6.07) is 0. The van der Waals surface area contributed by atoms with Gasteiger partial charge >= 0.3 is 0 Å². The third-order valence-electron chi connectivity index (χ3n) is 1.29. The first-order valence-corrected chi connectivity index (χ1v) is 3.34. The summed E-state index contributed by atoms with van der Waals surface area (Å²) >= 11 is 0. The Labute approximate surface area is 54.9 Å². The molecule has 1 atom stereocenters. The molecule has 0 bridgehead atoms. The molecule has 0 amide bonds. The zero-order valence-corrected chi connectivity index (χ0v) is 5.83. The van der Waals surface area contributed by atoms with Crippen LogP contribution >= 0.6 is 0 Å². The van der Waals surface area contributed by atoms with E-state index in [0.717, 1.165) is 18.7 Å². The Hall–Kier alpha value is -0.730. The van der Waals surface area contributed by atoms with E-state index in [1.807, 2.05) is 6.92 Å². The lowest BCUT2D eigenvalue weighted by Gasteiger charge is -1.91. The van der Waals surface area contributed by atoms with Crippen LogP contribution in [-0.4, -0.2) is 12.0 Å². The minimum Gasteiger partial charge on any atom is -0.240 e. The monoisotopic (exact) mass is 125 g/mol. The summed E-state index contributed by atoms with van der Waals surface area (Å²) in [5.74, 6) is 0.891. The summed E-state index contributed by atoms with van der Waals surface area (Å²) < 4.78 is 0. The highest BCUT2D eigenvalue weighted by atomic mass is 15.3. The number of rotatable bonds is 2. The highest BCUT2D eigenvalue weighted by Gasteiger charge is 2.08. The summed E-state index contributed by atoms with van der Waals surface area (Å²) in [6.07, 6.45) is 1.99. The standard InChI is InChI=1S/C6H11N3/c1-3-5-7-6(4-2)9-8-5/h5H,3-4H2,1-2H3. The number of hydrogen-bond donors (Lipinski definition) is 0. The van der Waals surface area contributed by atoms with E-state index < -0.39 is 0 Å². The van der Waals surface area contributed by atoms with Gasteiger partial charge in [-0.05, 0) is 6.42 Å². The number of aliphatic imine (C=N–C) groups is 1. The SMILES string of the molecule is CCC1=NC(CC)N=N1. The van der Waals surface area contributed by atoms with Crippen LogP contribution in [-0.2, 0) is 0 Å². The first kappa shape index (κ1) is 6.39. The summed E-state index contributed by atoms with van der Waals surface area (Å²) in [5.41, 5.74) is 0. The van der Waals surface area contributed by atoms with E-state index in [1.54, 1.807) is 0 Å². The molecular formula is C6H11N3. The highest BCUT2D eigenvalue weighted by Crippen LogP contribution is 2.09. The fraction of sp³-hybridized carbons (Fsp3) is 0.833. The predicted octanol–water partition coefficient (Wildman–Crippen LogP) is 2.00. The lowest BCUT2D eigenvalue weighted by molar-refractivity contribution is 0.682. The van der Waals surface area contributed by atoms with Crippen LogP contribution < -0.4 is 0 Å². The Bertz CT molecular complexity index is 148. The van der Waals surface area contributed by atoms with Gasteiger partial charge in [-0.2, -0.15) is 5.11 Å². The van der Waals surface area contributed by atoms with Gasteiger partial charge in [-0.3, -0.25) is 0 Å². The fourth-order valence-corrected chi connectivity index (χ4v) is 0.692. The molecule has 1 heterocycles. The lowest BCUT2D eigenvalue weighted by atomic mass is 10.4. The lowest BCUT2D eigenvalue weighted by Crippen LogP contribution is -1.93. The molecule has 0 aromatic rings. The van der Waals surface area contributed by atoms with Gasteiger partial charge < -0.3 is 0 Å². The van der Waals surface area contributed by atoms with E-state index in [4.69, 9.17) is 0 Å². The van der Waals surface area contributed by atoms with Crippen molar-refractivity contribution in [3.63, 3.8) is 0 Å². The molecule has 0 N–H and O–H groups in total. The topological polar surface area (TPSA) is 37.1 Å². The molecule has 0 saturated carbocycles. The zero-order chi connectivity index (χ0) is 6.69. The summed E-state index contributed by atoms with van der Waals surface area (Å²) in [5, 5.41) is 7.81. The van der Waals surface area contributed by atoms with Crippen molar-refractivity contribution < 1.29 is 0 Å². The van der Waals surface area contributed by atoms with Gasteiger partial charge in [0, 0.05) is 6.42 Å². The predicted molar refractivity (Wildman–Crippen MR) is 36.7 cm³/mol. The van der Waals surface area contributed by atoms with Crippen LogP contribution in [0.1, 0.15) is 26.7 Å². The van der Waals surface area contributed by atoms with Gasteiger partial charge in [0.15, 0.2) is 6.17 Å². The number of azo groups is 1. The van der Waals surface area contributed by atoms with E-state index >= 15 is 0 Å². The Balaban J connectivity index is 2.52. The van der Waals surface area contributed by atoms with Crippen molar-refractivity contribution in [3.8, 4) is 0 Å². The molecule has 1 aliphatic heterocycles. The Kier molecular flexibility index (Phi) is 1.92. The quantitative estimate of drug-likeness (QED) is 0.541. The normalized spacial score (nSPS) is 24.7. The van der Waals surface area contributed by atoms with Gasteiger partial charge in [0.25, 0.3) is 0 Å². The van der Waals surface area contributed by atoms with Crippen molar-refractivity contribution in [3.05, 3.63) is 0 Å². The van der Waals surface area contributed by atoms with Crippen molar-refractivity contribution >= 4 is 5.84 Å². The largest absolute Gasteiger partial charge is 0.240 e. The second-order valence-corrected chi connectivity index (χ2v) is 2.00. The molecular weight excluding hydrogens is 114 g/mol. The number of amidine groups is 1. The number of hydrogen-bond acceptors (Lipinski definition) is 3. The Morgan fingerprint density at radius 3 is 2.56 bits per heavy atom. The molecule has 1 unspecified atom stereocenters. The van der Waals surface area contributed by atoms with E-state index in [-0.39, 0.29) is 6.17 Å². The van der Waals surface area contributed by atoms with Crippen molar-refractivity contribution in [1.82, 2.24) is 0 Å². The average Bonchev–Trinajstić information content (AvgIpc) is 2.34. The minimum absolute atomic E-state index is 0.125. The Morgan fingerprint density at radius 2 is 2.22 bits per heavy atom. The number of nitrogens with zero attached hydrogens (tertiary/aromatic N) is 3. The Morgan fingerprint density at radius 1 is 1.44 bits per heavy atom. The maximum atomic E-state index is 4.21. The molecule has 0 aliphatic carbocycles. The molecule has 9 heavy (non-hydrogen) atoms. The van der Waals surface area contributed by atoms with Crippen LogP contribution in [0.4, 0.5) is 0 Å². The zero-order valence-electron chi connectivity index (χ0n) is 5.83. The summed E-state index contributed by atoms with van der Waals surface area (Å²) in [7, 11) is 0. The molecule has 1 rings (SSSR count). The smallest absolute Gasteiger partial charge is 0.162 e. The molecule has 3 nitrogen and oxygen atoms in total. The molecule has 0 radical (unpaired) electrons. The highest BCUT2D eigenvalue weighted by molar-refractivity contribution is 5.83. The molecule has 3 heteroatoms. The molecule has 1 aliphatic rings. The summed E-state index contributed by atoms with van der Waals surface area (Å²) in [6.45, 7) is 4.10. The molecule has 0 aromatic carbocycles. The van der Waals surface area contributed by atoms with Crippen LogP contribution in [0.15, 0.2) is 15.2 Å². The maximum absolute atomic E-state index is 4.21. The van der Waals surface area contributed by atoms with Crippen molar-refractivity contribution in [2.45, 2.75) is 32.9 Å². The van der Waals surface area contributed by atoms with E-state index in [9.17, 15) is 0 Å². The third-order valence-corrected chi connectivity index (χ3v) is 1.29. The minimum atomic E-state index is 0.125. The molecule has 0 saturated heterocycles. The first-order valence-electron chi connectivity index (χ1n) is 3.34. The van der Waals surface area contributed by atoms with Crippen LogP contribution in [0.25, 0.3) is 0 Å². The molecule has 0 fully saturated rings. The van der Waals surface area contributed by atoms with Crippen LogP contribution in [0.2, 0.25) is 0 Å². The van der Waals surface area contributed by atoms with Gasteiger partial charge in [-0.1, -0.05) is 13.8 Å². The van der Waals surface area contributed by atoms with Gasteiger partial charge in [0.2, 0.25) is 0 Å². The van der Waals surface area contributed by atoms with Crippen molar-refractivity contribution in [2.75, 3.05) is 0 Å². The summed E-state index contributed by atoms with van der Waals surface area (Å²) in [4.78, 5) is 4.21. The second kappa shape index (κ2) is 2.71.